The van der Waals surface area contributed by atoms with E-state index in [9.17, 15) is 15.3 Å². The fraction of sp³-hybridized carbons (Fsp3) is 0.0385. The van der Waals surface area contributed by atoms with E-state index >= 15 is 0 Å². The number of anilines is 1. The minimum atomic E-state index is -0.392. The van der Waals surface area contributed by atoms with Gasteiger partial charge >= 0.3 is 0 Å². The van der Waals surface area contributed by atoms with Gasteiger partial charge < -0.3 is 0 Å². The van der Waals surface area contributed by atoms with Crippen LogP contribution in [0.5, 0.6) is 0 Å². The van der Waals surface area contributed by atoms with Crippen molar-refractivity contribution < 1.29 is 4.79 Å². The first kappa shape index (κ1) is 18.9. The highest BCUT2D eigenvalue weighted by molar-refractivity contribution is 6.34. The van der Waals surface area contributed by atoms with Crippen LogP contribution in [0.4, 0.5) is 5.69 Å². The van der Waals surface area contributed by atoms with Gasteiger partial charge in [-0.05, 0) is 17.2 Å². The van der Waals surface area contributed by atoms with Crippen molar-refractivity contribution in [2.45, 2.75) is 6.04 Å². The Kier molecular flexibility index (Phi) is 5.24. The molecule has 0 unspecified atom stereocenters. The van der Waals surface area contributed by atoms with E-state index in [2.05, 4.69) is 0 Å². The summed E-state index contributed by atoms with van der Waals surface area (Å²) in [6, 6.07) is 30.2. The summed E-state index contributed by atoms with van der Waals surface area (Å²) in [5.74, 6) is -0.346. The zero-order valence-corrected chi connectivity index (χ0v) is 16.1. The van der Waals surface area contributed by atoms with Crippen LogP contribution in [0, 0.1) is 22.7 Å². The number of allylic oxidation sites excluding steroid dienone is 1. The Labute approximate surface area is 175 Å². The van der Waals surface area contributed by atoms with Gasteiger partial charge in [-0.3, -0.25) is 9.69 Å². The molecule has 1 aliphatic heterocycles. The average molecular weight is 387 g/mol. The van der Waals surface area contributed by atoms with Gasteiger partial charge in [-0.25, -0.2) is 0 Å². The molecule has 0 fully saturated rings. The normalized spacial score (nSPS) is 13.6. The number of hydrogen-bond acceptors (Lipinski definition) is 3. The maximum Gasteiger partial charge on any atom is 0.261 e. The average Bonchev–Trinajstić information content (AvgIpc) is 3.09. The first-order valence-electron chi connectivity index (χ1n) is 9.50. The quantitative estimate of drug-likeness (QED) is 0.451. The number of nitrogens with zero attached hydrogens (tertiary/aromatic N) is 3. The summed E-state index contributed by atoms with van der Waals surface area (Å²) in [4.78, 5) is 15.1. The van der Waals surface area contributed by atoms with Crippen LogP contribution in [0.1, 0.15) is 22.7 Å². The van der Waals surface area contributed by atoms with Crippen LogP contribution >= 0.6 is 0 Å². The number of rotatable bonds is 4. The van der Waals surface area contributed by atoms with Crippen molar-refractivity contribution in [3.8, 4) is 12.1 Å². The van der Waals surface area contributed by atoms with Crippen molar-refractivity contribution in [2.75, 3.05) is 4.90 Å². The minimum Gasteiger partial charge on any atom is -0.297 e. The summed E-state index contributed by atoms with van der Waals surface area (Å²) in [5.41, 5.74) is 3.23. The van der Waals surface area contributed by atoms with Gasteiger partial charge in [0.1, 0.15) is 17.7 Å². The van der Waals surface area contributed by atoms with Crippen LogP contribution in [0.3, 0.4) is 0 Å². The summed E-state index contributed by atoms with van der Waals surface area (Å²) in [6.07, 6.45) is 3.95. The SMILES string of the molecule is N#CC(C#N)=C1C(=O)N([C@@H](/C=C/c2ccccc2)c2ccccc2)c2ccccc21. The van der Waals surface area contributed by atoms with Crippen LogP contribution in [0.25, 0.3) is 11.6 Å². The molecule has 0 bridgehead atoms. The van der Waals surface area contributed by atoms with E-state index in [0.717, 1.165) is 11.1 Å². The molecule has 142 valence electrons. The zero-order valence-electron chi connectivity index (χ0n) is 16.1. The summed E-state index contributed by atoms with van der Waals surface area (Å²) < 4.78 is 0. The molecule has 1 heterocycles. The standard InChI is InChI=1S/C26H17N3O/c27-17-21(18-28)25-22-13-7-8-14-24(22)29(26(25)30)23(20-11-5-2-6-12-20)16-15-19-9-3-1-4-10-19/h1-16,23H/b16-15+/t23-/m0/s1. The van der Waals surface area contributed by atoms with Crippen LogP contribution < -0.4 is 4.90 Å². The second kappa shape index (κ2) is 8.31. The Morgan fingerprint density at radius 3 is 2.10 bits per heavy atom. The van der Waals surface area contributed by atoms with Crippen molar-refractivity contribution in [3.63, 3.8) is 0 Å². The highest BCUT2D eigenvalue weighted by atomic mass is 16.2. The number of amides is 1. The third-order valence-corrected chi connectivity index (χ3v) is 5.03. The van der Waals surface area contributed by atoms with E-state index in [1.165, 1.54) is 0 Å². The van der Waals surface area contributed by atoms with Crippen LogP contribution in [-0.2, 0) is 4.79 Å². The van der Waals surface area contributed by atoms with E-state index < -0.39 is 6.04 Å². The van der Waals surface area contributed by atoms with Crippen molar-refractivity contribution in [2.24, 2.45) is 0 Å². The van der Waals surface area contributed by atoms with E-state index in [-0.39, 0.29) is 17.1 Å². The lowest BCUT2D eigenvalue weighted by molar-refractivity contribution is -0.113. The smallest absolute Gasteiger partial charge is 0.261 e. The second-order valence-corrected chi connectivity index (χ2v) is 6.79. The predicted octanol–water partition coefficient (Wildman–Crippen LogP) is 5.29. The number of fused-ring (bicyclic) bond motifs is 1. The fourth-order valence-electron chi connectivity index (χ4n) is 3.66. The van der Waals surface area contributed by atoms with Crippen molar-refractivity contribution in [1.82, 2.24) is 0 Å². The Bertz CT molecular complexity index is 1210. The van der Waals surface area contributed by atoms with Crippen molar-refractivity contribution >= 4 is 23.2 Å². The second-order valence-electron chi connectivity index (χ2n) is 6.79. The molecule has 1 atom stereocenters. The number of carbonyl (C=O) groups excluding carboxylic acids is 1. The van der Waals surface area contributed by atoms with E-state index in [1.807, 2.05) is 97.1 Å². The molecule has 0 spiro atoms. The van der Waals surface area contributed by atoms with Gasteiger partial charge in [0.25, 0.3) is 5.91 Å². The van der Waals surface area contributed by atoms with Gasteiger partial charge in [-0.2, -0.15) is 10.5 Å². The molecule has 0 aromatic heterocycles. The van der Waals surface area contributed by atoms with E-state index in [0.29, 0.717) is 11.3 Å². The molecule has 4 rings (SSSR count). The largest absolute Gasteiger partial charge is 0.297 e. The Morgan fingerprint density at radius 1 is 0.833 bits per heavy atom. The zero-order chi connectivity index (χ0) is 20.9. The number of para-hydroxylation sites is 1. The van der Waals surface area contributed by atoms with Crippen molar-refractivity contribution in [3.05, 3.63) is 113 Å². The van der Waals surface area contributed by atoms with Gasteiger partial charge in [0.2, 0.25) is 0 Å². The van der Waals surface area contributed by atoms with Gasteiger partial charge in [0, 0.05) is 5.56 Å². The molecule has 1 aliphatic rings. The summed E-state index contributed by atoms with van der Waals surface area (Å²) in [7, 11) is 0. The van der Waals surface area contributed by atoms with Crippen molar-refractivity contribution in [1.29, 1.82) is 10.5 Å². The van der Waals surface area contributed by atoms with Crippen LogP contribution in [0.2, 0.25) is 0 Å². The lowest BCUT2D eigenvalue weighted by Crippen LogP contribution is -2.30. The first-order valence-corrected chi connectivity index (χ1v) is 9.50. The summed E-state index contributed by atoms with van der Waals surface area (Å²) >= 11 is 0. The first-order chi connectivity index (χ1) is 14.7. The summed E-state index contributed by atoms with van der Waals surface area (Å²) in [6.45, 7) is 0. The van der Waals surface area contributed by atoms with Gasteiger partial charge in [0.05, 0.1) is 17.3 Å². The third kappa shape index (κ3) is 3.39. The molecular weight excluding hydrogens is 370 g/mol. The fourth-order valence-corrected chi connectivity index (χ4v) is 3.66. The Hall–Kier alpha value is -4.41. The monoisotopic (exact) mass is 387 g/mol. The molecule has 0 aliphatic carbocycles. The molecule has 4 nitrogen and oxygen atoms in total. The Balaban J connectivity index is 1.88. The predicted molar refractivity (Wildman–Crippen MR) is 117 cm³/mol. The molecule has 0 N–H and O–H groups in total. The van der Waals surface area contributed by atoms with Gasteiger partial charge in [0.15, 0.2) is 0 Å². The summed E-state index contributed by atoms with van der Waals surface area (Å²) in [5, 5.41) is 18.8. The molecule has 3 aromatic carbocycles. The number of hydrogen-bond donors (Lipinski definition) is 0. The Morgan fingerprint density at radius 2 is 1.43 bits per heavy atom. The molecule has 4 heteroatoms. The maximum atomic E-state index is 13.5. The van der Waals surface area contributed by atoms with Gasteiger partial charge in [-0.1, -0.05) is 91.0 Å². The molecule has 30 heavy (non-hydrogen) atoms. The molecular formula is C26H17N3O. The number of carbonyl (C=O) groups is 1. The van der Waals surface area contributed by atoms with Gasteiger partial charge in [-0.15, -0.1) is 0 Å². The molecule has 0 saturated heterocycles. The molecule has 1 amide bonds. The number of nitriles is 2. The van der Waals surface area contributed by atoms with E-state index in [4.69, 9.17) is 0 Å². The number of benzene rings is 3. The third-order valence-electron chi connectivity index (χ3n) is 5.03. The molecule has 0 radical (unpaired) electrons. The molecule has 0 saturated carbocycles. The highest BCUT2D eigenvalue weighted by Gasteiger charge is 2.38. The van der Waals surface area contributed by atoms with Crippen LogP contribution in [0.15, 0.2) is 96.6 Å². The topological polar surface area (TPSA) is 67.9 Å². The lowest BCUT2D eigenvalue weighted by atomic mass is 10.0. The minimum absolute atomic E-state index is 0.157. The van der Waals surface area contributed by atoms with E-state index in [1.54, 1.807) is 17.0 Å². The highest BCUT2D eigenvalue weighted by Crippen LogP contribution is 2.43. The maximum absolute atomic E-state index is 13.5. The molecule has 3 aromatic rings. The van der Waals surface area contributed by atoms with Crippen LogP contribution in [-0.4, -0.2) is 5.91 Å². The lowest BCUT2D eigenvalue weighted by Gasteiger charge is -2.26.